The molecule has 2 saturated heterocycles. The fourth-order valence-corrected chi connectivity index (χ4v) is 5.44. The third-order valence-electron chi connectivity index (χ3n) is 6.72. The summed E-state index contributed by atoms with van der Waals surface area (Å²) in [5.74, 6) is -3.51. The van der Waals surface area contributed by atoms with Crippen molar-refractivity contribution in [2.75, 3.05) is 20.8 Å². The second-order valence-electron chi connectivity index (χ2n) is 8.23. The van der Waals surface area contributed by atoms with Gasteiger partial charge in [0, 0.05) is 12.0 Å². The van der Waals surface area contributed by atoms with Crippen molar-refractivity contribution < 1.29 is 23.9 Å². The second kappa shape index (κ2) is 9.09. The van der Waals surface area contributed by atoms with Crippen LogP contribution >= 0.6 is 0 Å². The van der Waals surface area contributed by atoms with Crippen LogP contribution in [-0.2, 0) is 23.9 Å². The quantitative estimate of drug-likeness (QED) is 0.515. The van der Waals surface area contributed by atoms with E-state index in [1.807, 2.05) is 66.7 Å². The maximum absolute atomic E-state index is 13.5. The van der Waals surface area contributed by atoms with Crippen LogP contribution in [0.2, 0.25) is 0 Å². The molecule has 0 N–H and O–H groups in total. The van der Waals surface area contributed by atoms with E-state index in [1.54, 1.807) is 6.08 Å². The molecule has 2 heterocycles. The van der Waals surface area contributed by atoms with Crippen LogP contribution in [0.15, 0.2) is 66.7 Å². The number of esters is 2. The van der Waals surface area contributed by atoms with Gasteiger partial charge in [0.25, 0.3) is 0 Å². The highest BCUT2D eigenvalue weighted by molar-refractivity contribution is 6.35. The average molecular weight is 434 g/mol. The fraction of sp³-hybridized carbons (Fsp3) is 0.346. The number of nitrogens with zero attached hydrogens (tertiary/aromatic N) is 1. The molecule has 32 heavy (non-hydrogen) atoms. The Balaban J connectivity index is 1.93. The van der Waals surface area contributed by atoms with E-state index in [1.165, 1.54) is 14.2 Å². The van der Waals surface area contributed by atoms with Crippen molar-refractivity contribution in [1.29, 1.82) is 0 Å². The Morgan fingerprint density at radius 1 is 0.969 bits per heavy atom. The van der Waals surface area contributed by atoms with Gasteiger partial charge in [0.1, 0.15) is 5.54 Å². The Bertz CT molecular complexity index is 1020. The molecule has 2 aliphatic heterocycles. The Kier molecular flexibility index (Phi) is 6.24. The largest absolute Gasteiger partial charge is 0.467 e. The molecule has 6 nitrogen and oxygen atoms in total. The molecule has 2 aromatic carbocycles. The molecule has 2 aliphatic rings. The van der Waals surface area contributed by atoms with Gasteiger partial charge in [-0.25, -0.2) is 9.59 Å². The normalized spacial score (nSPS) is 27.2. The minimum absolute atomic E-state index is 0.0736. The molecule has 0 saturated carbocycles. The molecule has 166 valence electrons. The maximum Gasteiger partial charge on any atom is 0.374 e. The monoisotopic (exact) mass is 433 g/mol. The lowest BCUT2D eigenvalue weighted by atomic mass is 9.71. The van der Waals surface area contributed by atoms with Crippen LogP contribution in [0, 0.1) is 5.92 Å². The third-order valence-corrected chi connectivity index (χ3v) is 6.72. The van der Waals surface area contributed by atoms with Gasteiger partial charge in [-0.3, -0.25) is 9.69 Å². The lowest BCUT2D eigenvalue weighted by molar-refractivity contribution is -0.160. The summed E-state index contributed by atoms with van der Waals surface area (Å²) in [7, 11) is 2.51. The first kappa shape index (κ1) is 22.0. The summed E-state index contributed by atoms with van der Waals surface area (Å²) in [6.07, 6.45) is 5.30. The van der Waals surface area contributed by atoms with Gasteiger partial charge in [0.15, 0.2) is 0 Å². The number of ether oxygens (including phenoxy) is 2. The summed E-state index contributed by atoms with van der Waals surface area (Å²) in [5, 5.41) is 0. The number of rotatable bonds is 6. The molecule has 4 rings (SSSR count). The number of carbonyl (C=O) groups excluding carboxylic acids is 3. The van der Waals surface area contributed by atoms with Crippen molar-refractivity contribution in [3.05, 3.63) is 77.9 Å². The Hall–Kier alpha value is -3.25. The standard InChI is InChI=1S/C26H27NO5/c1-31-24(29)23(28)22-21(19-12-7-4-8-13-19)20-14-9-17-27(20)26(22,25(30)32-2)16-15-18-10-5-3-6-11-18/h3-8,10-13,15-16,20-22H,9,14,17H2,1-2H3/b16-15+/t20-,21-,22-,26+/m0/s1. The second-order valence-corrected chi connectivity index (χ2v) is 8.23. The molecular formula is C26H27NO5. The maximum atomic E-state index is 13.5. The Labute approximate surface area is 187 Å². The van der Waals surface area contributed by atoms with Gasteiger partial charge in [-0.1, -0.05) is 72.8 Å². The number of hydrogen-bond acceptors (Lipinski definition) is 6. The van der Waals surface area contributed by atoms with Gasteiger partial charge >= 0.3 is 11.9 Å². The van der Waals surface area contributed by atoms with E-state index in [-0.39, 0.29) is 12.0 Å². The number of hydrogen-bond donors (Lipinski definition) is 0. The Morgan fingerprint density at radius 2 is 1.62 bits per heavy atom. The number of benzene rings is 2. The predicted molar refractivity (Wildman–Crippen MR) is 120 cm³/mol. The highest BCUT2D eigenvalue weighted by atomic mass is 16.5. The van der Waals surface area contributed by atoms with Gasteiger partial charge in [0.2, 0.25) is 5.78 Å². The van der Waals surface area contributed by atoms with Crippen molar-refractivity contribution in [3.63, 3.8) is 0 Å². The average Bonchev–Trinajstić information content (AvgIpc) is 3.42. The first-order valence-electron chi connectivity index (χ1n) is 10.8. The topological polar surface area (TPSA) is 72.9 Å². The Morgan fingerprint density at radius 3 is 2.25 bits per heavy atom. The summed E-state index contributed by atoms with van der Waals surface area (Å²) < 4.78 is 10.1. The smallest absolute Gasteiger partial charge is 0.374 e. The van der Waals surface area contributed by atoms with E-state index >= 15 is 0 Å². The zero-order valence-corrected chi connectivity index (χ0v) is 18.3. The van der Waals surface area contributed by atoms with Crippen molar-refractivity contribution in [2.45, 2.75) is 30.3 Å². The number of carbonyl (C=O) groups is 3. The minimum atomic E-state index is -1.41. The van der Waals surface area contributed by atoms with Crippen LogP contribution in [0.5, 0.6) is 0 Å². The van der Waals surface area contributed by atoms with Crippen molar-refractivity contribution in [3.8, 4) is 0 Å². The van der Waals surface area contributed by atoms with Crippen LogP contribution in [0.4, 0.5) is 0 Å². The summed E-state index contributed by atoms with van der Waals surface area (Å²) in [6.45, 7) is 0.632. The van der Waals surface area contributed by atoms with Crippen molar-refractivity contribution in [2.24, 2.45) is 5.92 Å². The van der Waals surface area contributed by atoms with Crippen LogP contribution in [0.3, 0.4) is 0 Å². The zero-order valence-electron chi connectivity index (χ0n) is 18.3. The van der Waals surface area contributed by atoms with E-state index in [2.05, 4.69) is 4.90 Å². The lowest BCUT2D eigenvalue weighted by Crippen LogP contribution is -2.56. The molecule has 4 atom stereocenters. The molecule has 0 bridgehead atoms. The molecule has 0 aromatic heterocycles. The van der Waals surface area contributed by atoms with Gasteiger partial charge in [0.05, 0.1) is 20.1 Å². The SMILES string of the molecule is COC(=O)C(=O)[C@@H]1[C@@H](c2ccccc2)[C@@H]2CCCN2[C@@]1(/C=C/c1ccccc1)C(=O)OC. The van der Waals surface area contributed by atoms with Crippen LogP contribution in [0.1, 0.15) is 29.9 Å². The van der Waals surface area contributed by atoms with Gasteiger partial charge < -0.3 is 9.47 Å². The summed E-state index contributed by atoms with van der Waals surface area (Å²) in [5.41, 5.74) is 0.404. The predicted octanol–water partition coefficient (Wildman–Crippen LogP) is 3.23. The van der Waals surface area contributed by atoms with Crippen molar-refractivity contribution in [1.82, 2.24) is 4.90 Å². The lowest BCUT2D eigenvalue weighted by Gasteiger charge is -2.36. The number of methoxy groups -OCH3 is 2. The zero-order chi connectivity index (χ0) is 22.7. The first-order chi connectivity index (χ1) is 15.5. The molecule has 6 heteroatoms. The fourth-order valence-electron chi connectivity index (χ4n) is 5.44. The minimum Gasteiger partial charge on any atom is -0.467 e. The molecule has 2 fully saturated rings. The molecular weight excluding hydrogens is 406 g/mol. The summed E-state index contributed by atoms with van der Waals surface area (Å²) in [6, 6.07) is 19.1. The molecule has 0 unspecified atom stereocenters. The van der Waals surface area contributed by atoms with E-state index in [4.69, 9.17) is 9.47 Å². The van der Waals surface area contributed by atoms with Gasteiger partial charge in [-0.05, 0) is 30.5 Å². The van der Waals surface area contributed by atoms with Crippen LogP contribution in [0.25, 0.3) is 6.08 Å². The molecule has 2 aromatic rings. The van der Waals surface area contributed by atoms with Crippen LogP contribution < -0.4 is 0 Å². The molecule has 0 spiro atoms. The van der Waals surface area contributed by atoms with E-state index in [9.17, 15) is 14.4 Å². The van der Waals surface area contributed by atoms with E-state index < -0.39 is 29.2 Å². The number of ketones is 1. The molecule has 0 aliphatic carbocycles. The van der Waals surface area contributed by atoms with E-state index in [0.717, 1.165) is 24.0 Å². The third kappa shape index (κ3) is 3.54. The van der Waals surface area contributed by atoms with E-state index in [0.29, 0.717) is 6.54 Å². The number of fused-ring (bicyclic) bond motifs is 1. The highest BCUT2D eigenvalue weighted by Gasteiger charge is 2.66. The first-order valence-corrected chi connectivity index (χ1v) is 10.8. The molecule has 0 radical (unpaired) electrons. The number of Topliss-reactive ketones (excluding diaryl/α,β-unsaturated/α-hetero) is 1. The summed E-state index contributed by atoms with van der Waals surface area (Å²) >= 11 is 0. The van der Waals surface area contributed by atoms with Crippen LogP contribution in [-0.4, -0.2) is 55.0 Å². The van der Waals surface area contributed by atoms with Gasteiger partial charge in [-0.2, -0.15) is 0 Å². The molecule has 0 amide bonds. The van der Waals surface area contributed by atoms with Crippen molar-refractivity contribution >= 4 is 23.8 Å². The summed E-state index contributed by atoms with van der Waals surface area (Å²) in [4.78, 5) is 41.5. The highest BCUT2D eigenvalue weighted by Crippen LogP contribution is 2.54. The van der Waals surface area contributed by atoms with Gasteiger partial charge in [-0.15, -0.1) is 0 Å².